The molecule has 0 bridgehead atoms. The molecular formula is C26H24N6O. The van der Waals surface area contributed by atoms with Gasteiger partial charge in [-0.2, -0.15) is 10.2 Å². The third kappa shape index (κ3) is 4.25. The zero-order chi connectivity index (χ0) is 22.8. The number of anilines is 1. The molecule has 0 fully saturated rings. The van der Waals surface area contributed by atoms with Crippen LogP contribution in [-0.4, -0.2) is 30.5 Å². The second-order valence-electron chi connectivity index (χ2n) is 8.22. The summed E-state index contributed by atoms with van der Waals surface area (Å²) in [6, 6.07) is 19.9. The lowest BCUT2D eigenvalue weighted by molar-refractivity contribution is 0.102. The van der Waals surface area contributed by atoms with Crippen LogP contribution in [0.4, 0.5) is 5.69 Å². The van der Waals surface area contributed by atoms with Crippen LogP contribution in [0.25, 0.3) is 22.2 Å². The van der Waals surface area contributed by atoms with Gasteiger partial charge < -0.3 is 5.32 Å². The first kappa shape index (κ1) is 20.6. The van der Waals surface area contributed by atoms with E-state index in [4.69, 9.17) is 0 Å². The van der Waals surface area contributed by atoms with Crippen molar-refractivity contribution in [2.75, 3.05) is 5.32 Å². The molecular weight excluding hydrogens is 412 g/mol. The van der Waals surface area contributed by atoms with Crippen molar-refractivity contribution in [3.05, 3.63) is 96.6 Å². The van der Waals surface area contributed by atoms with Gasteiger partial charge in [0.05, 0.1) is 24.6 Å². The molecule has 1 amide bonds. The van der Waals surface area contributed by atoms with E-state index in [-0.39, 0.29) is 11.9 Å². The molecule has 5 aromatic rings. The molecule has 0 radical (unpaired) electrons. The molecule has 0 saturated carbocycles. The normalized spacial score (nSPS) is 11.2. The minimum absolute atomic E-state index is 0.177. The van der Waals surface area contributed by atoms with Crippen LogP contribution in [0.3, 0.4) is 0 Å². The third-order valence-electron chi connectivity index (χ3n) is 5.52. The van der Waals surface area contributed by atoms with Crippen molar-refractivity contribution in [3.8, 4) is 11.1 Å². The van der Waals surface area contributed by atoms with E-state index in [1.807, 2.05) is 64.1 Å². The number of benzene rings is 2. The molecule has 7 heteroatoms. The second kappa shape index (κ2) is 8.70. The van der Waals surface area contributed by atoms with Crippen molar-refractivity contribution < 1.29 is 4.79 Å². The van der Waals surface area contributed by atoms with Crippen molar-refractivity contribution >= 4 is 22.6 Å². The summed E-state index contributed by atoms with van der Waals surface area (Å²) in [5.41, 5.74) is 5.05. The SMILES string of the molecule is CC(C)n1ncc2cc(NC(=O)c3ccccc3-c3ccc(Cn4cccn4)cc3)cnc21. The molecule has 2 aromatic carbocycles. The van der Waals surface area contributed by atoms with E-state index < -0.39 is 0 Å². The summed E-state index contributed by atoms with van der Waals surface area (Å²) in [4.78, 5) is 17.7. The Balaban J connectivity index is 1.38. The summed E-state index contributed by atoms with van der Waals surface area (Å²) in [5.74, 6) is -0.177. The zero-order valence-electron chi connectivity index (χ0n) is 18.5. The van der Waals surface area contributed by atoms with E-state index in [2.05, 4.69) is 46.5 Å². The Morgan fingerprint density at radius 1 is 1.00 bits per heavy atom. The van der Waals surface area contributed by atoms with Crippen molar-refractivity contribution in [1.29, 1.82) is 0 Å². The van der Waals surface area contributed by atoms with Gasteiger partial charge in [-0.25, -0.2) is 9.67 Å². The number of rotatable bonds is 6. The number of fused-ring (bicyclic) bond motifs is 1. The van der Waals surface area contributed by atoms with Crippen LogP contribution < -0.4 is 5.32 Å². The summed E-state index contributed by atoms with van der Waals surface area (Å²) in [6.07, 6.45) is 7.16. The molecule has 164 valence electrons. The molecule has 3 aromatic heterocycles. The third-order valence-corrected chi connectivity index (χ3v) is 5.52. The largest absolute Gasteiger partial charge is 0.321 e. The molecule has 0 atom stereocenters. The standard InChI is InChI=1S/C26H24N6O/c1-18(2)32-25-21(15-29-32)14-22(16-27-25)30-26(33)24-7-4-3-6-23(24)20-10-8-19(9-11-20)17-31-13-5-12-28-31/h3-16,18H,17H2,1-2H3,(H,30,33). The number of amides is 1. The number of nitrogens with one attached hydrogen (secondary N) is 1. The van der Waals surface area contributed by atoms with E-state index in [1.165, 1.54) is 0 Å². The Labute approximate surface area is 191 Å². The topological polar surface area (TPSA) is 77.6 Å². The van der Waals surface area contributed by atoms with Crippen molar-refractivity contribution in [2.45, 2.75) is 26.4 Å². The Bertz CT molecular complexity index is 1400. The first-order valence-corrected chi connectivity index (χ1v) is 10.9. The summed E-state index contributed by atoms with van der Waals surface area (Å²) in [6.45, 7) is 4.83. The van der Waals surface area contributed by atoms with Crippen molar-refractivity contribution in [1.82, 2.24) is 24.5 Å². The number of hydrogen-bond donors (Lipinski definition) is 1. The zero-order valence-corrected chi connectivity index (χ0v) is 18.5. The number of carbonyl (C=O) groups is 1. The molecule has 0 aliphatic heterocycles. The van der Waals surface area contributed by atoms with Gasteiger partial charge in [-0.1, -0.05) is 42.5 Å². The molecule has 0 aliphatic rings. The fourth-order valence-electron chi connectivity index (χ4n) is 3.89. The lowest BCUT2D eigenvalue weighted by Crippen LogP contribution is -2.13. The number of carbonyl (C=O) groups excluding carboxylic acids is 1. The van der Waals surface area contributed by atoms with E-state index in [1.54, 1.807) is 18.6 Å². The molecule has 0 saturated heterocycles. The van der Waals surface area contributed by atoms with E-state index in [9.17, 15) is 4.79 Å². The highest BCUT2D eigenvalue weighted by atomic mass is 16.1. The van der Waals surface area contributed by atoms with Crippen LogP contribution in [0.15, 0.2) is 85.5 Å². The van der Waals surface area contributed by atoms with Gasteiger partial charge in [0.2, 0.25) is 0 Å². The van der Waals surface area contributed by atoms with Crippen LogP contribution in [0, 0.1) is 0 Å². The second-order valence-corrected chi connectivity index (χ2v) is 8.22. The number of hydrogen-bond acceptors (Lipinski definition) is 4. The Morgan fingerprint density at radius 2 is 1.82 bits per heavy atom. The maximum absolute atomic E-state index is 13.2. The Hall–Kier alpha value is -4.26. The van der Waals surface area contributed by atoms with Crippen LogP contribution in [0.2, 0.25) is 0 Å². The maximum atomic E-state index is 13.2. The van der Waals surface area contributed by atoms with Crippen molar-refractivity contribution in [3.63, 3.8) is 0 Å². The number of nitrogens with zero attached hydrogens (tertiary/aromatic N) is 5. The summed E-state index contributed by atoms with van der Waals surface area (Å²) >= 11 is 0. The predicted molar refractivity (Wildman–Crippen MR) is 129 cm³/mol. The van der Waals surface area contributed by atoms with Gasteiger partial charge in [0.15, 0.2) is 5.65 Å². The fraction of sp³-hybridized carbons (Fsp3) is 0.154. The monoisotopic (exact) mass is 436 g/mol. The highest BCUT2D eigenvalue weighted by Crippen LogP contribution is 2.26. The van der Waals surface area contributed by atoms with E-state index in [0.29, 0.717) is 17.8 Å². The van der Waals surface area contributed by atoms with E-state index >= 15 is 0 Å². The summed E-state index contributed by atoms with van der Waals surface area (Å²) < 4.78 is 3.75. The van der Waals surface area contributed by atoms with Gasteiger partial charge in [0, 0.05) is 29.4 Å². The van der Waals surface area contributed by atoms with Crippen LogP contribution in [-0.2, 0) is 6.54 Å². The minimum atomic E-state index is -0.177. The Morgan fingerprint density at radius 3 is 2.58 bits per heavy atom. The fourth-order valence-corrected chi connectivity index (χ4v) is 3.89. The van der Waals surface area contributed by atoms with Gasteiger partial charge in [-0.3, -0.25) is 9.48 Å². The maximum Gasteiger partial charge on any atom is 0.256 e. The van der Waals surface area contributed by atoms with Gasteiger partial charge in [0.1, 0.15) is 0 Å². The smallest absolute Gasteiger partial charge is 0.256 e. The molecule has 0 aliphatic carbocycles. The first-order valence-electron chi connectivity index (χ1n) is 10.9. The number of pyridine rings is 1. The molecule has 0 spiro atoms. The number of aromatic nitrogens is 5. The van der Waals surface area contributed by atoms with E-state index in [0.717, 1.165) is 27.7 Å². The van der Waals surface area contributed by atoms with Crippen LogP contribution >= 0.6 is 0 Å². The highest BCUT2D eigenvalue weighted by Gasteiger charge is 2.14. The summed E-state index contributed by atoms with van der Waals surface area (Å²) in [7, 11) is 0. The van der Waals surface area contributed by atoms with Crippen LogP contribution in [0.5, 0.6) is 0 Å². The lowest BCUT2D eigenvalue weighted by Gasteiger charge is -2.12. The van der Waals surface area contributed by atoms with Crippen LogP contribution in [0.1, 0.15) is 35.8 Å². The highest BCUT2D eigenvalue weighted by molar-refractivity contribution is 6.09. The minimum Gasteiger partial charge on any atom is -0.321 e. The average molecular weight is 437 g/mol. The quantitative estimate of drug-likeness (QED) is 0.398. The van der Waals surface area contributed by atoms with Gasteiger partial charge in [0.25, 0.3) is 5.91 Å². The Kier molecular flexibility index (Phi) is 5.44. The first-order chi connectivity index (χ1) is 16.1. The summed E-state index contributed by atoms with van der Waals surface area (Å²) in [5, 5.41) is 12.5. The molecule has 7 nitrogen and oxygen atoms in total. The predicted octanol–water partition coefficient (Wildman–Crippen LogP) is 5.18. The molecule has 0 unspecified atom stereocenters. The van der Waals surface area contributed by atoms with Gasteiger partial charge >= 0.3 is 0 Å². The lowest BCUT2D eigenvalue weighted by atomic mass is 9.98. The molecule has 3 heterocycles. The molecule has 1 N–H and O–H groups in total. The van der Waals surface area contributed by atoms with Gasteiger partial charge in [-0.15, -0.1) is 0 Å². The van der Waals surface area contributed by atoms with Gasteiger partial charge in [-0.05, 0) is 48.7 Å². The molecule has 5 rings (SSSR count). The molecule has 33 heavy (non-hydrogen) atoms. The van der Waals surface area contributed by atoms with Crippen molar-refractivity contribution in [2.24, 2.45) is 0 Å². The average Bonchev–Trinajstić information content (AvgIpc) is 3.49.